The smallest absolute Gasteiger partial charge is 0.243 e. The number of nitrogen functional groups attached to an aromatic ring is 1. The number of aryl methyl sites for hydroxylation is 1. The Kier molecular flexibility index (Phi) is 3.61. The largest absolute Gasteiger partial charge is 0.399 e. The van der Waals surface area contributed by atoms with Crippen molar-refractivity contribution in [3.8, 4) is 0 Å². The van der Waals surface area contributed by atoms with Gasteiger partial charge in [-0.25, -0.2) is 8.42 Å². The second-order valence-corrected chi connectivity index (χ2v) is 6.48. The molecule has 18 heavy (non-hydrogen) atoms. The molecule has 0 radical (unpaired) electrons. The number of hydrogen-bond donors (Lipinski definition) is 2. The van der Waals surface area contributed by atoms with Gasteiger partial charge in [-0.2, -0.15) is 4.31 Å². The Bertz CT molecular complexity index is 542. The van der Waals surface area contributed by atoms with Gasteiger partial charge in [0, 0.05) is 18.3 Å². The number of hydrogen-bond acceptors (Lipinski definition) is 4. The number of rotatable bonds is 3. The van der Waals surface area contributed by atoms with Gasteiger partial charge in [0.15, 0.2) is 0 Å². The van der Waals surface area contributed by atoms with Crippen LogP contribution in [0.5, 0.6) is 0 Å². The number of sulfonamides is 1. The molecule has 2 rings (SSSR count). The van der Waals surface area contributed by atoms with Crippen LogP contribution < -0.4 is 5.73 Å². The van der Waals surface area contributed by atoms with E-state index in [2.05, 4.69) is 0 Å². The highest BCUT2D eigenvalue weighted by atomic mass is 32.2. The van der Waals surface area contributed by atoms with Crippen LogP contribution in [0, 0.1) is 6.92 Å². The summed E-state index contributed by atoms with van der Waals surface area (Å²) < 4.78 is 26.5. The standard InChI is InChI=1S/C12H18N2O3S/c1-9-4-5-10(13)7-12(9)18(16,17)14-6-2-3-11(14)8-15/h4-5,7,11,15H,2-3,6,8,13H2,1H3. The average Bonchev–Trinajstić information content (AvgIpc) is 2.81. The Labute approximate surface area is 107 Å². The van der Waals surface area contributed by atoms with Crippen molar-refractivity contribution in [2.75, 3.05) is 18.9 Å². The maximum Gasteiger partial charge on any atom is 0.243 e. The number of nitrogens with zero attached hydrogens (tertiary/aromatic N) is 1. The zero-order valence-electron chi connectivity index (χ0n) is 10.3. The first kappa shape index (κ1) is 13.3. The van der Waals surface area contributed by atoms with Gasteiger partial charge in [0.1, 0.15) is 0 Å². The molecule has 1 heterocycles. The summed E-state index contributed by atoms with van der Waals surface area (Å²) in [5, 5.41) is 9.24. The second kappa shape index (κ2) is 4.87. The van der Waals surface area contributed by atoms with E-state index in [0.29, 0.717) is 24.2 Å². The van der Waals surface area contributed by atoms with E-state index < -0.39 is 10.0 Å². The molecular weight excluding hydrogens is 252 g/mol. The van der Waals surface area contributed by atoms with E-state index in [-0.39, 0.29) is 17.5 Å². The van der Waals surface area contributed by atoms with E-state index >= 15 is 0 Å². The summed E-state index contributed by atoms with van der Waals surface area (Å²) in [5.41, 5.74) is 6.76. The Balaban J connectivity index is 2.45. The van der Waals surface area contributed by atoms with Gasteiger partial charge in [0.05, 0.1) is 11.5 Å². The van der Waals surface area contributed by atoms with Crippen LogP contribution in [-0.2, 0) is 10.0 Å². The van der Waals surface area contributed by atoms with Crippen LogP contribution in [0.1, 0.15) is 18.4 Å². The van der Waals surface area contributed by atoms with Crippen molar-refractivity contribution in [3.63, 3.8) is 0 Å². The van der Waals surface area contributed by atoms with E-state index in [4.69, 9.17) is 5.73 Å². The lowest BCUT2D eigenvalue weighted by molar-refractivity contribution is 0.213. The molecule has 1 aromatic rings. The fourth-order valence-electron chi connectivity index (χ4n) is 2.33. The summed E-state index contributed by atoms with van der Waals surface area (Å²) in [6, 6.07) is 4.56. The minimum Gasteiger partial charge on any atom is -0.399 e. The lowest BCUT2D eigenvalue weighted by Gasteiger charge is -2.23. The van der Waals surface area contributed by atoms with Gasteiger partial charge in [-0.1, -0.05) is 6.07 Å². The first-order valence-corrected chi connectivity index (χ1v) is 7.39. The molecule has 1 atom stereocenters. The lowest BCUT2D eigenvalue weighted by Crippen LogP contribution is -2.37. The third kappa shape index (κ3) is 2.23. The van der Waals surface area contributed by atoms with Crippen LogP contribution in [-0.4, -0.2) is 37.0 Å². The normalized spacial score (nSPS) is 21.3. The van der Waals surface area contributed by atoms with Crippen molar-refractivity contribution in [1.29, 1.82) is 0 Å². The Morgan fingerprint density at radius 2 is 2.22 bits per heavy atom. The van der Waals surface area contributed by atoms with Crippen molar-refractivity contribution in [2.45, 2.75) is 30.7 Å². The fraction of sp³-hybridized carbons (Fsp3) is 0.500. The van der Waals surface area contributed by atoms with E-state index in [0.717, 1.165) is 6.42 Å². The topological polar surface area (TPSA) is 83.6 Å². The molecule has 1 aliphatic rings. The Morgan fingerprint density at radius 1 is 1.50 bits per heavy atom. The van der Waals surface area contributed by atoms with Crippen molar-refractivity contribution in [3.05, 3.63) is 23.8 Å². The minimum absolute atomic E-state index is 0.138. The molecule has 0 bridgehead atoms. The van der Waals surface area contributed by atoms with Gasteiger partial charge in [0.25, 0.3) is 0 Å². The van der Waals surface area contributed by atoms with Gasteiger partial charge in [0.2, 0.25) is 10.0 Å². The molecule has 1 saturated heterocycles. The van der Waals surface area contributed by atoms with Gasteiger partial charge in [-0.05, 0) is 37.5 Å². The summed E-state index contributed by atoms with van der Waals surface area (Å²) in [6.45, 7) is 2.07. The molecule has 0 amide bonds. The van der Waals surface area contributed by atoms with Crippen molar-refractivity contribution in [1.82, 2.24) is 4.31 Å². The van der Waals surface area contributed by atoms with Gasteiger partial charge >= 0.3 is 0 Å². The van der Waals surface area contributed by atoms with Gasteiger partial charge < -0.3 is 10.8 Å². The third-order valence-corrected chi connectivity index (χ3v) is 5.43. The van der Waals surface area contributed by atoms with Crippen LogP contribution >= 0.6 is 0 Å². The molecule has 1 fully saturated rings. The maximum absolute atomic E-state index is 12.5. The third-order valence-electron chi connectivity index (χ3n) is 3.33. The van der Waals surface area contributed by atoms with Crippen LogP contribution in [0.3, 0.4) is 0 Å². The molecule has 1 unspecified atom stereocenters. The number of nitrogens with two attached hydrogens (primary N) is 1. The highest BCUT2D eigenvalue weighted by Crippen LogP contribution is 2.28. The van der Waals surface area contributed by atoms with E-state index in [1.54, 1.807) is 19.1 Å². The summed E-state index contributed by atoms with van der Waals surface area (Å²) in [4.78, 5) is 0.239. The average molecular weight is 270 g/mol. The summed E-state index contributed by atoms with van der Waals surface area (Å²) in [6.07, 6.45) is 1.49. The number of aliphatic hydroxyl groups is 1. The molecular formula is C12H18N2O3S. The van der Waals surface area contributed by atoms with E-state index in [1.165, 1.54) is 10.4 Å². The Morgan fingerprint density at radius 3 is 2.89 bits per heavy atom. The Hall–Kier alpha value is -1.11. The molecule has 1 aliphatic heterocycles. The maximum atomic E-state index is 12.5. The quantitative estimate of drug-likeness (QED) is 0.793. The first-order chi connectivity index (χ1) is 8.46. The predicted molar refractivity (Wildman–Crippen MR) is 69.6 cm³/mol. The molecule has 0 spiro atoms. The summed E-state index contributed by atoms with van der Waals surface area (Å²) in [5.74, 6) is 0. The zero-order valence-corrected chi connectivity index (χ0v) is 11.2. The first-order valence-electron chi connectivity index (χ1n) is 5.95. The van der Waals surface area contributed by atoms with Crippen molar-refractivity contribution < 1.29 is 13.5 Å². The van der Waals surface area contributed by atoms with Crippen LogP contribution in [0.4, 0.5) is 5.69 Å². The van der Waals surface area contributed by atoms with E-state index in [9.17, 15) is 13.5 Å². The summed E-state index contributed by atoms with van der Waals surface area (Å²) in [7, 11) is -3.56. The molecule has 6 heteroatoms. The van der Waals surface area contributed by atoms with Crippen LogP contribution in [0.25, 0.3) is 0 Å². The van der Waals surface area contributed by atoms with Crippen molar-refractivity contribution >= 4 is 15.7 Å². The molecule has 5 nitrogen and oxygen atoms in total. The zero-order chi connectivity index (χ0) is 13.3. The molecule has 0 saturated carbocycles. The number of aliphatic hydroxyl groups excluding tert-OH is 1. The molecule has 100 valence electrons. The molecule has 1 aromatic carbocycles. The molecule has 3 N–H and O–H groups in total. The van der Waals surface area contributed by atoms with Gasteiger partial charge in [-0.3, -0.25) is 0 Å². The molecule has 0 aromatic heterocycles. The monoisotopic (exact) mass is 270 g/mol. The fourth-order valence-corrected chi connectivity index (χ4v) is 4.28. The lowest BCUT2D eigenvalue weighted by atomic mass is 10.2. The summed E-state index contributed by atoms with van der Waals surface area (Å²) >= 11 is 0. The second-order valence-electron chi connectivity index (χ2n) is 4.62. The van der Waals surface area contributed by atoms with Crippen LogP contribution in [0.15, 0.2) is 23.1 Å². The SMILES string of the molecule is Cc1ccc(N)cc1S(=O)(=O)N1CCCC1CO. The van der Waals surface area contributed by atoms with E-state index in [1.807, 2.05) is 0 Å². The highest BCUT2D eigenvalue weighted by molar-refractivity contribution is 7.89. The number of benzene rings is 1. The number of anilines is 1. The van der Waals surface area contributed by atoms with Gasteiger partial charge in [-0.15, -0.1) is 0 Å². The molecule has 0 aliphatic carbocycles. The van der Waals surface area contributed by atoms with Crippen molar-refractivity contribution in [2.24, 2.45) is 0 Å². The minimum atomic E-state index is -3.56. The predicted octanol–water partition coefficient (Wildman–Crippen LogP) is 0.723. The van der Waals surface area contributed by atoms with Crippen LogP contribution in [0.2, 0.25) is 0 Å². The highest BCUT2D eigenvalue weighted by Gasteiger charge is 2.35.